The summed E-state index contributed by atoms with van der Waals surface area (Å²) in [5.74, 6) is 0.674. The highest BCUT2D eigenvalue weighted by atomic mass is 35.5. The number of benzene rings is 1. The monoisotopic (exact) mass is 368 g/mol. The molecule has 1 aliphatic rings. The van der Waals surface area contributed by atoms with Gasteiger partial charge in [0.2, 0.25) is 0 Å². The first-order valence-corrected chi connectivity index (χ1v) is 9.69. The van der Waals surface area contributed by atoms with Gasteiger partial charge in [-0.15, -0.1) is 0 Å². The molecule has 3 rings (SSSR count). The Morgan fingerprint density at radius 1 is 1.29 bits per heavy atom. The SMILES string of the molecule is O=C(Nc1ccc(Cl)cc1)N(Cc1ccco1)[C@H]1CCS(=O)(=O)C1. The van der Waals surface area contributed by atoms with Crippen LogP contribution in [0.2, 0.25) is 5.02 Å². The molecule has 128 valence electrons. The summed E-state index contributed by atoms with van der Waals surface area (Å²) in [4.78, 5) is 14.2. The number of halogens is 1. The van der Waals surface area contributed by atoms with Gasteiger partial charge in [0.1, 0.15) is 5.76 Å². The van der Waals surface area contributed by atoms with Crippen LogP contribution in [0.1, 0.15) is 12.2 Å². The Morgan fingerprint density at radius 2 is 2.04 bits per heavy atom. The third-order valence-corrected chi connectivity index (χ3v) is 5.91. The first-order valence-electron chi connectivity index (χ1n) is 7.49. The molecule has 0 saturated carbocycles. The standard InChI is InChI=1S/C16H17ClN2O4S/c17-12-3-5-13(6-4-12)18-16(20)19(10-15-2-1-8-23-15)14-7-9-24(21,22)11-14/h1-6,8,14H,7,9-11H2,(H,18,20)/t14-/m0/s1. The molecule has 1 N–H and O–H groups in total. The first kappa shape index (κ1) is 16.9. The molecule has 1 atom stereocenters. The van der Waals surface area contributed by atoms with E-state index < -0.39 is 9.84 Å². The van der Waals surface area contributed by atoms with Crippen LogP contribution >= 0.6 is 11.6 Å². The van der Waals surface area contributed by atoms with Gasteiger partial charge in [-0.2, -0.15) is 0 Å². The van der Waals surface area contributed by atoms with Crippen LogP contribution in [0.3, 0.4) is 0 Å². The molecule has 1 aliphatic heterocycles. The van der Waals surface area contributed by atoms with Gasteiger partial charge in [-0.1, -0.05) is 11.6 Å². The number of nitrogens with zero attached hydrogens (tertiary/aromatic N) is 1. The Kier molecular flexibility index (Phi) is 4.82. The predicted molar refractivity (Wildman–Crippen MR) is 91.8 cm³/mol. The van der Waals surface area contributed by atoms with Crippen LogP contribution in [-0.4, -0.2) is 36.9 Å². The maximum Gasteiger partial charge on any atom is 0.322 e. The number of carbonyl (C=O) groups excluding carboxylic acids is 1. The van der Waals surface area contributed by atoms with Crippen molar-refractivity contribution in [1.29, 1.82) is 0 Å². The maximum absolute atomic E-state index is 12.7. The maximum atomic E-state index is 12.7. The molecule has 0 bridgehead atoms. The fourth-order valence-electron chi connectivity index (χ4n) is 2.69. The average Bonchev–Trinajstić information content (AvgIpc) is 3.16. The highest BCUT2D eigenvalue weighted by Gasteiger charge is 2.35. The third kappa shape index (κ3) is 4.10. The van der Waals surface area contributed by atoms with Gasteiger partial charge < -0.3 is 14.6 Å². The fraction of sp³-hybridized carbons (Fsp3) is 0.312. The summed E-state index contributed by atoms with van der Waals surface area (Å²) in [5.41, 5.74) is 0.592. The minimum atomic E-state index is -3.10. The van der Waals surface area contributed by atoms with E-state index in [-0.39, 0.29) is 30.1 Å². The number of amides is 2. The molecule has 24 heavy (non-hydrogen) atoms. The molecule has 8 heteroatoms. The van der Waals surface area contributed by atoms with Gasteiger partial charge in [-0.25, -0.2) is 13.2 Å². The summed E-state index contributed by atoms with van der Waals surface area (Å²) >= 11 is 5.84. The van der Waals surface area contributed by atoms with E-state index in [1.54, 1.807) is 36.4 Å². The lowest BCUT2D eigenvalue weighted by Gasteiger charge is -2.27. The number of hydrogen-bond acceptors (Lipinski definition) is 4. The van der Waals surface area contributed by atoms with E-state index in [4.69, 9.17) is 16.0 Å². The molecule has 6 nitrogen and oxygen atoms in total. The van der Waals surface area contributed by atoms with Gasteiger partial charge in [0, 0.05) is 16.8 Å². The highest BCUT2D eigenvalue weighted by Crippen LogP contribution is 2.22. The number of hydrogen-bond donors (Lipinski definition) is 1. The minimum Gasteiger partial charge on any atom is -0.467 e. The molecule has 1 fully saturated rings. The Morgan fingerprint density at radius 3 is 2.62 bits per heavy atom. The topological polar surface area (TPSA) is 79.6 Å². The van der Waals surface area contributed by atoms with E-state index in [0.717, 1.165) is 0 Å². The van der Waals surface area contributed by atoms with E-state index in [2.05, 4.69) is 5.32 Å². The van der Waals surface area contributed by atoms with Crippen molar-refractivity contribution in [3.8, 4) is 0 Å². The number of urea groups is 1. The van der Waals surface area contributed by atoms with Crippen molar-refractivity contribution in [3.05, 3.63) is 53.4 Å². The van der Waals surface area contributed by atoms with Crippen LogP contribution in [0.5, 0.6) is 0 Å². The number of furan rings is 1. The quantitative estimate of drug-likeness (QED) is 0.898. The van der Waals surface area contributed by atoms with Crippen molar-refractivity contribution < 1.29 is 17.6 Å². The van der Waals surface area contributed by atoms with Crippen molar-refractivity contribution in [2.75, 3.05) is 16.8 Å². The summed E-state index contributed by atoms with van der Waals surface area (Å²) in [7, 11) is -3.10. The molecule has 0 radical (unpaired) electrons. The van der Waals surface area contributed by atoms with Crippen LogP contribution in [0.15, 0.2) is 47.1 Å². The van der Waals surface area contributed by atoms with E-state index >= 15 is 0 Å². The van der Waals surface area contributed by atoms with E-state index in [9.17, 15) is 13.2 Å². The average molecular weight is 369 g/mol. The summed E-state index contributed by atoms with van der Waals surface area (Å²) in [6.45, 7) is 0.215. The number of anilines is 1. The second kappa shape index (κ2) is 6.86. The second-order valence-electron chi connectivity index (χ2n) is 5.70. The lowest BCUT2D eigenvalue weighted by molar-refractivity contribution is 0.184. The molecule has 1 saturated heterocycles. The van der Waals surface area contributed by atoms with Crippen LogP contribution in [-0.2, 0) is 16.4 Å². The fourth-order valence-corrected chi connectivity index (χ4v) is 4.54. The molecule has 1 aromatic carbocycles. The Bertz CT molecular complexity index is 803. The Labute approximate surface area is 145 Å². The molecule has 0 spiro atoms. The largest absolute Gasteiger partial charge is 0.467 e. The van der Waals surface area contributed by atoms with Crippen molar-refractivity contribution >= 4 is 33.2 Å². The van der Waals surface area contributed by atoms with Crippen LogP contribution < -0.4 is 5.32 Å². The molecular weight excluding hydrogens is 352 g/mol. The smallest absolute Gasteiger partial charge is 0.322 e. The summed E-state index contributed by atoms with van der Waals surface area (Å²) in [5, 5.41) is 3.35. The lowest BCUT2D eigenvalue weighted by Crippen LogP contribution is -2.43. The molecule has 2 heterocycles. The van der Waals surface area contributed by atoms with Gasteiger partial charge in [0.25, 0.3) is 0 Å². The van der Waals surface area contributed by atoms with Gasteiger partial charge >= 0.3 is 6.03 Å². The van der Waals surface area contributed by atoms with E-state index in [0.29, 0.717) is 22.9 Å². The predicted octanol–water partition coefficient (Wildman–Crippen LogP) is 3.15. The normalized spacial score (nSPS) is 19.1. The summed E-state index contributed by atoms with van der Waals surface area (Å²) in [6, 6.07) is 9.49. The van der Waals surface area contributed by atoms with Gasteiger partial charge in [-0.05, 0) is 42.8 Å². The molecule has 0 unspecified atom stereocenters. The number of rotatable bonds is 4. The Hall–Kier alpha value is -1.99. The van der Waals surface area contributed by atoms with E-state index in [1.165, 1.54) is 11.2 Å². The van der Waals surface area contributed by atoms with Gasteiger partial charge in [-0.3, -0.25) is 0 Å². The van der Waals surface area contributed by atoms with Crippen molar-refractivity contribution in [2.45, 2.75) is 19.0 Å². The highest BCUT2D eigenvalue weighted by molar-refractivity contribution is 7.91. The summed E-state index contributed by atoms with van der Waals surface area (Å²) < 4.78 is 28.8. The second-order valence-corrected chi connectivity index (χ2v) is 8.37. The number of carbonyl (C=O) groups is 1. The van der Waals surface area contributed by atoms with Crippen molar-refractivity contribution in [2.24, 2.45) is 0 Å². The van der Waals surface area contributed by atoms with Crippen molar-refractivity contribution in [1.82, 2.24) is 4.90 Å². The van der Waals surface area contributed by atoms with Gasteiger partial charge in [0.15, 0.2) is 9.84 Å². The van der Waals surface area contributed by atoms with Crippen LogP contribution in [0.4, 0.5) is 10.5 Å². The molecule has 1 aromatic heterocycles. The van der Waals surface area contributed by atoms with Crippen LogP contribution in [0, 0.1) is 0 Å². The number of sulfone groups is 1. The van der Waals surface area contributed by atoms with Crippen LogP contribution in [0.25, 0.3) is 0 Å². The zero-order chi connectivity index (χ0) is 17.2. The minimum absolute atomic E-state index is 0.0260. The van der Waals surface area contributed by atoms with Gasteiger partial charge in [0.05, 0.1) is 24.3 Å². The Balaban J connectivity index is 1.78. The lowest BCUT2D eigenvalue weighted by atomic mass is 10.2. The molecule has 2 aromatic rings. The molecule has 2 amide bonds. The van der Waals surface area contributed by atoms with E-state index in [1.807, 2.05) is 0 Å². The zero-order valence-electron chi connectivity index (χ0n) is 12.8. The first-order chi connectivity index (χ1) is 11.4. The van der Waals surface area contributed by atoms with Crippen molar-refractivity contribution in [3.63, 3.8) is 0 Å². The molecular formula is C16H17ClN2O4S. The third-order valence-electron chi connectivity index (χ3n) is 3.91. The zero-order valence-corrected chi connectivity index (χ0v) is 14.4. The number of nitrogens with one attached hydrogen (secondary N) is 1. The molecule has 0 aliphatic carbocycles. The summed E-state index contributed by atoms with van der Waals surface area (Å²) in [6.07, 6.45) is 1.95.